The number of aliphatic hydroxyl groups is 1. The minimum Gasteiger partial charge on any atom is -0.389 e. The van der Waals surface area contributed by atoms with Gasteiger partial charge in [0.1, 0.15) is 0 Å². The summed E-state index contributed by atoms with van der Waals surface area (Å²) in [7, 11) is -1.99. The molecule has 5 nitrogen and oxygen atoms in total. The predicted molar refractivity (Wildman–Crippen MR) is 69.9 cm³/mol. The van der Waals surface area contributed by atoms with E-state index in [0.717, 1.165) is 0 Å². The number of nitrogens with zero attached hydrogens (tertiary/aromatic N) is 1. The standard InChI is InChI=1S/C11H26N2O3S/c1-9(2)7-11(5,14)8-12-17(15,16)13(6)10(3)4/h9-10,12,14H,7-8H2,1-6H3. The third-order valence-corrected chi connectivity index (χ3v) is 4.28. The molecule has 0 saturated carbocycles. The van der Waals surface area contributed by atoms with E-state index < -0.39 is 15.8 Å². The monoisotopic (exact) mass is 266 g/mol. The molecule has 104 valence electrons. The molecule has 0 aliphatic heterocycles. The molecule has 0 aromatic carbocycles. The van der Waals surface area contributed by atoms with Gasteiger partial charge in [-0.1, -0.05) is 13.8 Å². The summed E-state index contributed by atoms with van der Waals surface area (Å²) in [6.45, 7) is 9.25. The third kappa shape index (κ3) is 6.35. The maximum Gasteiger partial charge on any atom is 0.279 e. The van der Waals surface area contributed by atoms with Crippen molar-refractivity contribution in [1.29, 1.82) is 0 Å². The Morgan fingerprint density at radius 3 is 2.12 bits per heavy atom. The van der Waals surface area contributed by atoms with Gasteiger partial charge >= 0.3 is 0 Å². The zero-order valence-corrected chi connectivity index (χ0v) is 12.5. The van der Waals surface area contributed by atoms with Crippen LogP contribution in [0.2, 0.25) is 0 Å². The summed E-state index contributed by atoms with van der Waals surface area (Å²) >= 11 is 0. The van der Waals surface area contributed by atoms with Crippen LogP contribution in [-0.2, 0) is 10.2 Å². The largest absolute Gasteiger partial charge is 0.389 e. The van der Waals surface area contributed by atoms with Gasteiger partial charge in [0, 0.05) is 19.6 Å². The Kier molecular flexibility index (Phi) is 6.07. The second kappa shape index (κ2) is 6.13. The first-order chi connectivity index (χ1) is 7.48. The Balaban J connectivity index is 4.46. The Hall–Kier alpha value is -0.170. The van der Waals surface area contributed by atoms with Gasteiger partial charge in [0.05, 0.1) is 5.60 Å². The topological polar surface area (TPSA) is 69.6 Å². The fourth-order valence-electron chi connectivity index (χ4n) is 1.58. The van der Waals surface area contributed by atoms with Gasteiger partial charge in [-0.2, -0.15) is 17.4 Å². The van der Waals surface area contributed by atoms with Crippen LogP contribution >= 0.6 is 0 Å². The first-order valence-electron chi connectivity index (χ1n) is 5.93. The van der Waals surface area contributed by atoms with Gasteiger partial charge in [-0.25, -0.2) is 0 Å². The van der Waals surface area contributed by atoms with Crippen molar-refractivity contribution in [2.45, 2.75) is 52.7 Å². The molecule has 17 heavy (non-hydrogen) atoms. The van der Waals surface area contributed by atoms with E-state index in [9.17, 15) is 13.5 Å². The number of nitrogens with one attached hydrogen (secondary N) is 1. The van der Waals surface area contributed by atoms with Crippen molar-refractivity contribution < 1.29 is 13.5 Å². The average molecular weight is 266 g/mol. The molecule has 0 heterocycles. The van der Waals surface area contributed by atoms with E-state index in [-0.39, 0.29) is 12.6 Å². The van der Waals surface area contributed by atoms with Crippen LogP contribution in [0.3, 0.4) is 0 Å². The van der Waals surface area contributed by atoms with Crippen LogP contribution in [0.4, 0.5) is 0 Å². The summed E-state index contributed by atoms with van der Waals surface area (Å²) in [5.41, 5.74) is -1.01. The van der Waals surface area contributed by atoms with E-state index in [0.29, 0.717) is 12.3 Å². The Morgan fingerprint density at radius 1 is 1.29 bits per heavy atom. The van der Waals surface area contributed by atoms with E-state index in [4.69, 9.17) is 0 Å². The normalized spacial score (nSPS) is 16.8. The van der Waals surface area contributed by atoms with E-state index in [2.05, 4.69) is 4.72 Å². The molecule has 0 aliphatic rings. The lowest BCUT2D eigenvalue weighted by atomic mass is 9.95. The van der Waals surface area contributed by atoms with Crippen LogP contribution in [0.25, 0.3) is 0 Å². The highest BCUT2D eigenvalue weighted by molar-refractivity contribution is 7.87. The SMILES string of the molecule is CC(C)CC(C)(O)CNS(=O)(=O)N(C)C(C)C. The molecule has 1 unspecified atom stereocenters. The maximum atomic E-state index is 11.8. The number of hydrogen-bond acceptors (Lipinski definition) is 3. The van der Waals surface area contributed by atoms with E-state index in [1.807, 2.05) is 13.8 Å². The van der Waals surface area contributed by atoms with Gasteiger partial charge in [0.25, 0.3) is 10.2 Å². The fourth-order valence-corrected chi connectivity index (χ4v) is 2.83. The summed E-state index contributed by atoms with van der Waals surface area (Å²) in [6.07, 6.45) is 0.556. The van der Waals surface area contributed by atoms with Gasteiger partial charge < -0.3 is 5.11 Å². The highest BCUT2D eigenvalue weighted by Crippen LogP contribution is 2.15. The van der Waals surface area contributed by atoms with Gasteiger partial charge in [0.2, 0.25) is 0 Å². The minimum atomic E-state index is -3.51. The molecule has 0 spiro atoms. The molecule has 0 fully saturated rings. The first-order valence-corrected chi connectivity index (χ1v) is 7.37. The van der Waals surface area contributed by atoms with Crippen molar-refractivity contribution in [3.05, 3.63) is 0 Å². The summed E-state index contributed by atoms with van der Waals surface area (Å²) in [4.78, 5) is 0. The molecule has 0 amide bonds. The summed E-state index contributed by atoms with van der Waals surface area (Å²) < 4.78 is 27.3. The molecular formula is C11H26N2O3S. The molecule has 0 saturated heterocycles. The van der Waals surface area contributed by atoms with E-state index in [1.54, 1.807) is 20.8 Å². The smallest absolute Gasteiger partial charge is 0.279 e. The highest BCUT2D eigenvalue weighted by atomic mass is 32.2. The predicted octanol–water partition coefficient (Wildman–Crippen LogP) is 0.958. The molecule has 0 rings (SSSR count). The highest BCUT2D eigenvalue weighted by Gasteiger charge is 2.27. The molecule has 0 aromatic heterocycles. The number of rotatable bonds is 7. The minimum absolute atomic E-state index is 0.0323. The summed E-state index contributed by atoms with van der Waals surface area (Å²) in [5, 5.41) is 10.0. The molecule has 0 aliphatic carbocycles. The fraction of sp³-hybridized carbons (Fsp3) is 1.00. The summed E-state index contributed by atoms with van der Waals surface area (Å²) in [5.74, 6) is 0.317. The third-order valence-electron chi connectivity index (χ3n) is 2.59. The molecule has 2 N–H and O–H groups in total. The molecule has 6 heteroatoms. The zero-order chi connectivity index (χ0) is 13.9. The Labute approximate surface area is 105 Å². The molecule has 0 bridgehead atoms. The zero-order valence-electron chi connectivity index (χ0n) is 11.7. The Bertz CT molecular complexity index is 324. The average Bonchev–Trinajstić information content (AvgIpc) is 2.12. The van der Waals surface area contributed by atoms with Crippen LogP contribution in [-0.4, -0.2) is 43.1 Å². The lowest BCUT2D eigenvalue weighted by molar-refractivity contribution is 0.0432. The lowest BCUT2D eigenvalue weighted by Gasteiger charge is -2.28. The van der Waals surface area contributed by atoms with Crippen molar-refractivity contribution in [2.24, 2.45) is 5.92 Å². The van der Waals surface area contributed by atoms with Crippen LogP contribution in [0.1, 0.15) is 41.0 Å². The Morgan fingerprint density at radius 2 is 1.76 bits per heavy atom. The number of hydrogen-bond donors (Lipinski definition) is 2. The maximum absolute atomic E-state index is 11.8. The summed E-state index contributed by atoms with van der Waals surface area (Å²) in [6, 6.07) is -0.109. The first kappa shape index (κ1) is 16.8. The van der Waals surface area contributed by atoms with Gasteiger partial charge in [0.15, 0.2) is 0 Å². The molecule has 0 radical (unpaired) electrons. The van der Waals surface area contributed by atoms with Gasteiger partial charge in [-0.3, -0.25) is 0 Å². The van der Waals surface area contributed by atoms with Crippen LogP contribution in [0, 0.1) is 5.92 Å². The quantitative estimate of drug-likeness (QED) is 0.721. The lowest BCUT2D eigenvalue weighted by Crippen LogP contribution is -2.48. The molecule has 0 aromatic rings. The van der Waals surface area contributed by atoms with Gasteiger partial charge in [-0.05, 0) is 33.1 Å². The van der Waals surface area contributed by atoms with Crippen LogP contribution in [0.15, 0.2) is 0 Å². The van der Waals surface area contributed by atoms with Crippen molar-refractivity contribution in [3.8, 4) is 0 Å². The van der Waals surface area contributed by atoms with Crippen molar-refractivity contribution in [2.75, 3.05) is 13.6 Å². The second-order valence-corrected chi connectivity index (χ2v) is 7.35. The van der Waals surface area contributed by atoms with Crippen LogP contribution in [0.5, 0.6) is 0 Å². The van der Waals surface area contributed by atoms with E-state index in [1.165, 1.54) is 11.4 Å². The van der Waals surface area contributed by atoms with Crippen molar-refractivity contribution in [1.82, 2.24) is 9.03 Å². The van der Waals surface area contributed by atoms with Crippen LogP contribution < -0.4 is 4.72 Å². The van der Waals surface area contributed by atoms with Gasteiger partial charge in [-0.15, -0.1) is 0 Å². The molecule has 1 atom stereocenters. The van der Waals surface area contributed by atoms with Crippen molar-refractivity contribution in [3.63, 3.8) is 0 Å². The molecular weight excluding hydrogens is 240 g/mol. The van der Waals surface area contributed by atoms with Crippen molar-refractivity contribution >= 4 is 10.2 Å². The van der Waals surface area contributed by atoms with E-state index >= 15 is 0 Å². The second-order valence-electron chi connectivity index (χ2n) is 5.53.